The van der Waals surface area contributed by atoms with Crippen LogP contribution >= 0.6 is 0 Å². The van der Waals surface area contributed by atoms with Gasteiger partial charge in [-0.15, -0.1) is 0 Å². The fourth-order valence-corrected chi connectivity index (χ4v) is 7.37. The molecule has 0 heterocycles. The number of hydrogen-bond acceptors (Lipinski definition) is 6. The quantitative estimate of drug-likeness (QED) is 0.698. The molecule has 0 amide bonds. The van der Waals surface area contributed by atoms with E-state index in [1.807, 2.05) is 0 Å². The second-order valence-corrected chi connectivity index (χ2v) is 13.6. The summed E-state index contributed by atoms with van der Waals surface area (Å²) in [4.78, 5) is 33.6. The zero-order valence-corrected chi connectivity index (χ0v) is 14.4. The molecule has 0 aromatic rings. The molecule has 0 bridgehead atoms. The summed E-state index contributed by atoms with van der Waals surface area (Å²) in [7, 11) is -5.07. The zero-order valence-electron chi connectivity index (χ0n) is 12.4. The van der Waals surface area contributed by atoms with E-state index in [4.69, 9.17) is 13.3 Å². The highest BCUT2D eigenvalue weighted by atomic mass is 28.4. The van der Waals surface area contributed by atoms with Crippen molar-refractivity contribution in [1.82, 2.24) is 0 Å². The number of carbonyl (C=O) groups excluding carboxylic acids is 3. The Kier molecular flexibility index (Phi) is 6.43. The monoisotopic (exact) mass is 306 g/mol. The van der Waals surface area contributed by atoms with Crippen molar-refractivity contribution in [3.05, 3.63) is 0 Å². The van der Waals surface area contributed by atoms with Gasteiger partial charge in [0.2, 0.25) is 0 Å². The van der Waals surface area contributed by atoms with Crippen molar-refractivity contribution in [2.75, 3.05) is 0 Å². The van der Waals surface area contributed by atoms with E-state index in [1.54, 1.807) is 0 Å². The van der Waals surface area contributed by atoms with Crippen molar-refractivity contribution < 1.29 is 27.7 Å². The van der Waals surface area contributed by atoms with E-state index in [0.29, 0.717) is 0 Å². The van der Waals surface area contributed by atoms with Crippen molar-refractivity contribution in [1.29, 1.82) is 0 Å². The van der Waals surface area contributed by atoms with Gasteiger partial charge >= 0.3 is 8.80 Å². The lowest BCUT2D eigenvalue weighted by atomic mass is 10.9. The third-order valence-electron chi connectivity index (χ3n) is 2.08. The minimum absolute atomic E-state index is 0.279. The van der Waals surface area contributed by atoms with Crippen LogP contribution < -0.4 is 0 Å². The molecule has 8 heteroatoms. The molecule has 0 fully saturated rings. The molecule has 110 valence electrons. The molecule has 0 aromatic carbocycles. The molecular formula is C11H22O6Si2. The molecule has 0 saturated carbocycles. The van der Waals surface area contributed by atoms with Crippen LogP contribution in [-0.2, 0) is 27.7 Å². The van der Waals surface area contributed by atoms with Crippen molar-refractivity contribution in [3.8, 4) is 0 Å². The van der Waals surface area contributed by atoms with Crippen LogP contribution in [-0.4, -0.2) is 34.8 Å². The fourth-order valence-electron chi connectivity index (χ4n) is 1.40. The summed E-state index contributed by atoms with van der Waals surface area (Å²) in [5, 5.41) is 0. The van der Waals surface area contributed by atoms with Crippen molar-refractivity contribution >= 4 is 34.8 Å². The minimum atomic E-state index is -3.61. The molecule has 0 spiro atoms. The van der Waals surface area contributed by atoms with Gasteiger partial charge in [0.15, 0.2) is 0 Å². The molecule has 0 radical (unpaired) electrons. The normalized spacial score (nSPS) is 11.7. The first kappa shape index (κ1) is 17.8. The largest absolute Gasteiger partial charge is 0.704 e. The highest BCUT2D eigenvalue weighted by molar-refractivity contribution is 6.78. The minimum Gasteiger partial charge on any atom is -0.455 e. The number of carbonyl (C=O) groups is 3. The molecule has 0 aliphatic rings. The van der Waals surface area contributed by atoms with E-state index < -0.39 is 34.8 Å². The van der Waals surface area contributed by atoms with E-state index in [0.717, 1.165) is 6.04 Å². The average molecular weight is 306 g/mol. The lowest BCUT2D eigenvalue weighted by molar-refractivity contribution is -0.147. The molecule has 0 rings (SSSR count). The lowest BCUT2D eigenvalue weighted by Gasteiger charge is -2.28. The molecule has 6 nitrogen and oxygen atoms in total. The Morgan fingerprint density at radius 1 is 0.737 bits per heavy atom. The van der Waals surface area contributed by atoms with Crippen molar-refractivity contribution in [2.24, 2.45) is 0 Å². The van der Waals surface area contributed by atoms with Gasteiger partial charge in [0.1, 0.15) is 0 Å². The lowest BCUT2D eigenvalue weighted by Crippen LogP contribution is -2.50. The topological polar surface area (TPSA) is 78.9 Å². The third-order valence-corrected chi connectivity index (χ3v) is 6.99. The van der Waals surface area contributed by atoms with E-state index in [9.17, 15) is 14.4 Å². The Balaban J connectivity index is 5.15. The van der Waals surface area contributed by atoms with Crippen LogP contribution in [0.3, 0.4) is 0 Å². The molecule has 0 unspecified atom stereocenters. The summed E-state index contributed by atoms with van der Waals surface area (Å²) in [6.07, 6.45) is 0. The van der Waals surface area contributed by atoms with E-state index in [2.05, 4.69) is 19.6 Å². The Bertz CT molecular complexity index is 320. The fraction of sp³-hybridized carbons (Fsp3) is 0.727. The van der Waals surface area contributed by atoms with Crippen LogP contribution in [0.15, 0.2) is 0 Å². The molecule has 0 atom stereocenters. The molecule has 0 saturated heterocycles. The second kappa shape index (κ2) is 6.85. The van der Waals surface area contributed by atoms with Gasteiger partial charge in [-0.25, -0.2) is 0 Å². The summed E-state index contributed by atoms with van der Waals surface area (Å²) < 4.78 is 15.3. The Morgan fingerprint density at radius 3 is 1.26 bits per heavy atom. The maximum Gasteiger partial charge on any atom is 0.704 e. The summed E-state index contributed by atoms with van der Waals surface area (Å²) in [6.45, 7) is 9.97. The Morgan fingerprint density at radius 2 is 1.05 bits per heavy atom. The van der Waals surface area contributed by atoms with Crippen LogP contribution in [0.5, 0.6) is 0 Å². The predicted octanol–water partition coefficient (Wildman–Crippen LogP) is 1.95. The molecule has 0 aliphatic carbocycles. The van der Waals surface area contributed by atoms with Gasteiger partial charge in [0.25, 0.3) is 17.9 Å². The number of rotatable bonds is 6. The molecule has 19 heavy (non-hydrogen) atoms. The smallest absolute Gasteiger partial charge is 0.455 e. The van der Waals surface area contributed by atoms with E-state index >= 15 is 0 Å². The van der Waals surface area contributed by atoms with Gasteiger partial charge in [-0.2, -0.15) is 0 Å². The van der Waals surface area contributed by atoms with Gasteiger partial charge in [-0.05, 0) is 6.04 Å². The predicted molar refractivity (Wildman–Crippen MR) is 74.0 cm³/mol. The van der Waals surface area contributed by atoms with E-state index in [-0.39, 0.29) is 6.04 Å². The summed E-state index contributed by atoms with van der Waals surface area (Å²) >= 11 is 0. The summed E-state index contributed by atoms with van der Waals surface area (Å²) in [5.41, 5.74) is 0. The van der Waals surface area contributed by atoms with E-state index in [1.165, 1.54) is 20.8 Å². The molecule has 0 aromatic heterocycles. The van der Waals surface area contributed by atoms with Crippen LogP contribution in [0.25, 0.3) is 0 Å². The molecule has 0 N–H and O–H groups in total. The SMILES string of the molecule is CC(=O)O[Si](CC[Si](C)(C)C)(OC(C)=O)OC(C)=O. The highest BCUT2D eigenvalue weighted by Gasteiger charge is 2.52. The van der Waals surface area contributed by atoms with Crippen LogP contribution in [0.2, 0.25) is 31.7 Å². The molecule has 0 aliphatic heterocycles. The van der Waals surface area contributed by atoms with Gasteiger partial charge in [0, 0.05) is 28.8 Å². The summed E-state index contributed by atoms with van der Waals surface area (Å²) in [5.74, 6) is -1.86. The van der Waals surface area contributed by atoms with Gasteiger partial charge in [-0.1, -0.05) is 19.6 Å². The first-order valence-electron chi connectivity index (χ1n) is 6.04. The Labute approximate surface area is 115 Å². The van der Waals surface area contributed by atoms with Crippen LogP contribution in [0.1, 0.15) is 20.8 Å². The standard InChI is InChI=1S/C11H22O6Si2/c1-9(12)15-19(16-10(2)13,17-11(3)14)8-7-18(4,5)6/h7-8H2,1-6H3. The van der Waals surface area contributed by atoms with Crippen LogP contribution in [0, 0.1) is 0 Å². The third kappa shape index (κ3) is 8.54. The van der Waals surface area contributed by atoms with Gasteiger partial charge in [-0.3, -0.25) is 14.4 Å². The maximum atomic E-state index is 11.2. The van der Waals surface area contributed by atoms with Gasteiger partial charge < -0.3 is 13.3 Å². The Hall–Kier alpha value is -1.16. The maximum absolute atomic E-state index is 11.2. The van der Waals surface area contributed by atoms with Crippen molar-refractivity contribution in [3.63, 3.8) is 0 Å². The highest BCUT2D eigenvalue weighted by Crippen LogP contribution is 2.24. The first-order valence-corrected chi connectivity index (χ1v) is 11.7. The van der Waals surface area contributed by atoms with Crippen LogP contribution in [0.4, 0.5) is 0 Å². The first-order chi connectivity index (χ1) is 8.46. The number of hydrogen-bond donors (Lipinski definition) is 0. The average Bonchev–Trinajstić information content (AvgIpc) is 2.09. The van der Waals surface area contributed by atoms with Gasteiger partial charge in [0.05, 0.1) is 6.04 Å². The molecular weight excluding hydrogens is 284 g/mol. The summed E-state index contributed by atoms with van der Waals surface area (Å²) in [6, 6.07) is 1.01. The zero-order chi connectivity index (χ0) is 15.3. The second-order valence-electron chi connectivity index (χ2n) is 5.52. The van der Waals surface area contributed by atoms with Crippen molar-refractivity contribution in [2.45, 2.75) is 52.5 Å².